The zero-order valence-corrected chi connectivity index (χ0v) is 10.1. The fraction of sp³-hybridized carbons (Fsp3) is 0.462. The second-order valence-corrected chi connectivity index (χ2v) is 4.79. The Morgan fingerprint density at radius 3 is 2.59 bits per heavy atom. The van der Waals surface area contributed by atoms with Crippen molar-refractivity contribution in [2.75, 3.05) is 25.9 Å². The molecule has 2 rings (SSSR count). The van der Waals surface area contributed by atoms with Gasteiger partial charge < -0.3 is 16.4 Å². The summed E-state index contributed by atoms with van der Waals surface area (Å²) in [5.74, 6) is 0.0381. The van der Waals surface area contributed by atoms with Crippen molar-refractivity contribution in [3.8, 4) is 0 Å². The van der Waals surface area contributed by atoms with Crippen LogP contribution in [-0.2, 0) is 0 Å². The Morgan fingerprint density at radius 1 is 1.35 bits per heavy atom. The maximum absolute atomic E-state index is 11.4. The highest BCUT2D eigenvalue weighted by Gasteiger charge is 2.22. The van der Waals surface area contributed by atoms with Gasteiger partial charge in [0.1, 0.15) is 0 Å². The normalized spacial score (nSPS) is 18.2. The van der Waals surface area contributed by atoms with Gasteiger partial charge in [0.2, 0.25) is 5.91 Å². The maximum atomic E-state index is 11.4. The Morgan fingerprint density at radius 2 is 2.00 bits per heavy atom. The van der Waals surface area contributed by atoms with Gasteiger partial charge in [0.15, 0.2) is 0 Å². The average molecular weight is 233 g/mol. The van der Waals surface area contributed by atoms with E-state index in [9.17, 15) is 4.79 Å². The Balaban J connectivity index is 2.30. The highest BCUT2D eigenvalue weighted by molar-refractivity contribution is 5.95. The molecule has 0 unspecified atom stereocenters. The lowest BCUT2D eigenvalue weighted by Gasteiger charge is -2.30. The maximum Gasteiger partial charge on any atom is 0.248 e. The van der Waals surface area contributed by atoms with Crippen LogP contribution < -0.4 is 11.5 Å². The number of piperidine rings is 1. The van der Waals surface area contributed by atoms with Crippen molar-refractivity contribution < 1.29 is 4.79 Å². The molecule has 1 heterocycles. The van der Waals surface area contributed by atoms with E-state index in [1.165, 1.54) is 0 Å². The number of likely N-dealkylation sites (tertiary alicyclic amines) is 1. The van der Waals surface area contributed by atoms with Crippen molar-refractivity contribution in [2.45, 2.75) is 18.8 Å². The highest BCUT2D eigenvalue weighted by atomic mass is 16.1. The highest BCUT2D eigenvalue weighted by Crippen LogP contribution is 2.31. The van der Waals surface area contributed by atoms with E-state index in [2.05, 4.69) is 11.9 Å². The molecule has 0 spiro atoms. The summed E-state index contributed by atoms with van der Waals surface area (Å²) < 4.78 is 0. The minimum atomic E-state index is -0.362. The lowest BCUT2D eigenvalue weighted by Crippen LogP contribution is -2.30. The van der Waals surface area contributed by atoms with E-state index >= 15 is 0 Å². The van der Waals surface area contributed by atoms with E-state index in [1.807, 2.05) is 6.07 Å². The number of primary amides is 1. The Kier molecular flexibility index (Phi) is 3.33. The number of rotatable bonds is 2. The van der Waals surface area contributed by atoms with Gasteiger partial charge in [0, 0.05) is 11.3 Å². The van der Waals surface area contributed by atoms with E-state index in [-0.39, 0.29) is 5.91 Å². The van der Waals surface area contributed by atoms with Crippen molar-refractivity contribution in [1.82, 2.24) is 4.90 Å². The molecule has 1 amide bonds. The lowest BCUT2D eigenvalue weighted by atomic mass is 9.86. The zero-order valence-electron chi connectivity index (χ0n) is 10.1. The van der Waals surface area contributed by atoms with Crippen LogP contribution in [0, 0.1) is 0 Å². The van der Waals surface area contributed by atoms with Crippen LogP contribution in [0.2, 0.25) is 0 Å². The van der Waals surface area contributed by atoms with Crippen LogP contribution in [-0.4, -0.2) is 30.9 Å². The molecule has 0 bridgehead atoms. The van der Waals surface area contributed by atoms with Crippen molar-refractivity contribution in [3.63, 3.8) is 0 Å². The van der Waals surface area contributed by atoms with E-state index in [4.69, 9.17) is 11.5 Å². The van der Waals surface area contributed by atoms with Crippen LogP contribution in [0.5, 0.6) is 0 Å². The summed E-state index contributed by atoms with van der Waals surface area (Å²) in [5, 5.41) is 0. The molecule has 0 atom stereocenters. The molecule has 4 heteroatoms. The third-order valence-electron chi connectivity index (χ3n) is 3.50. The van der Waals surface area contributed by atoms with Crippen molar-refractivity contribution in [3.05, 3.63) is 29.3 Å². The number of nitrogens with zero attached hydrogens (tertiary/aromatic N) is 1. The van der Waals surface area contributed by atoms with Gasteiger partial charge >= 0.3 is 0 Å². The minimum Gasteiger partial charge on any atom is -0.399 e. The van der Waals surface area contributed by atoms with Crippen molar-refractivity contribution >= 4 is 11.6 Å². The van der Waals surface area contributed by atoms with Crippen molar-refractivity contribution in [2.24, 2.45) is 5.73 Å². The van der Waals surface area contributed by atoms with Gasteiger partial charge in [-0.1, -0.05) is 0 Å². The van der Waals surface area contributed by atoms with Crippen LogP contribution in [0.3, 0.4) is 0 Å². The summed E-state index contributed by atoms with van der Waals surface area (Å²) in [6.07, 6.45) is 2.11. The number of carbonyl (C=O) groups is 1. The molecule has 17 heavy (non-hydrogen) atoms. The SMILES string of the molecule is CN1CCC(c2cc(N)ccc2C(N)=O)CC1. The van der Waals surface area contributed by atoms with Gasteiger partial charge in [-0.15, -0.1) is 0 Å². The first-order valence-corrected chi connectivity index (χ1v) is 5.95. The topological polar surface area (TPSA) is 72.3 Å². The number of carbonyl (C=O) groups excluding carboxylic acids is 1. The van der Waals surface area contributed by atoms with Gasteiger partial charge in [-0.2, -0.15) is 0 Å². The van der Waals surface area contributed by atoms with E-state index in [0.29, 0.717) is 17.2 Å². The van der Waals surface area contributed by atoms with Crippen LogP contribution in [0.1, 0.15) is 34.7 Å². The molecule has 0 aromatic heterocycles. The van der Waals surface area contributed by atoms with E-state index < -0.39 is 0 Å². The lowest BCUT2D eigenvalue weighted by molar-refractivity contribution is 0.0998. The third kappa shape index (κ3) is 2.58. The van der Waals surface area contributed by atoms with Crippen LogP contribution in [0.25, 0.3) is 0 Å². The molecule has 1 aromatic carbocycles. The van der Waals surface area contributed by atoms with Gasteiger partial charge in [-0.25, -0.2) is 0 Å². The molecule has 0 radical (unpaired) electrons. The Labute approximate surface area is 102 Å². The Hall–Kier alpha value is -1.55. The first kappa shape index (κ1) is 11.9. The molecule has 4 N–H and O–H groups in total. The van der Waals surface area contributed by atoms with Gasteiger partial charge in [0.05, 0.1) is 0 Å². The summed E-state index contributed by atoms with van der Waals surface area (Å²) >= 11 is 0. The second-order valence-electron chi connectivity index (χ2n) is 4.79. The molecule has 1 aromatic rings. The molecule has 92 valence electrons. The standard InChI is InChI=1S/C13H19N3O/c1-16-6-4-9(5-7-16)12-8-10(14)2-3-11(12)13(15)17/h2-3,8-9H,4-7,14H2,1H3,(H2,15,17). The number of nitrogen functional groups attached to an aromatic ring is 1. The molecule has 4 nitrogen and oxygen atoms in total. The summed E-state index contributed by atoms with van der Waals surface area (Å²) in [5.41, 5.74) is 13.5. The fourth-order valence-corrected chi connectivity index (χ4v) is 2.46. The molecule has 1 aliphatic heterocycles. The number of hydrogen-bond donors (Lipinski definition) is 2. The average Bonchev–Trinajstić information content (AvgIpc) is 2.29. The van der Waals surface area contributed by atoms with Crippen LogP contribution in [0.4, 0.5) is 5.69 Å². The minimum absolute atomic E-state index is 0.362. The zero-order chi connectivity index (χ0) is 12.4. The third-order valence-corrected chi connectivity index (χ3v) is 3.50. The molecular formula is C13H19N3O. The molecular weight excluding hydrogens is 214 g/mol. The summed E-state index contributed by atoms with van der Waals surface area (Å²) in [4.78, 5) is 13.7. The molecule has 1 aliphatic rings. The van der Waals surface area contributed by atoms with Crippen LogP contribution >= 0.6 is 0 Å². The van der Waals surface area contributed by atoms with Gasteiger partial charge in [0.25, 0.3) is 0 Å². The van der Waals surface area contributed by atoms with E-state index in [0.717, 1.165) is 31.5 Å². The first-order valence-electron chi connectivity index (χ1n) is 5.95. The monoisotopic (exact) mass is 233 g/mol. The number of benzene rings is 1. The first-order chi connectivity index (χ1) is 8.08. The molecule has 0 saturated carbocycles. The number of nitrogens with two attached hydrogens (primary N) is 2. The van der Waals surface area contributed by atoms with Crippen LogP contribution in [0.15, 0.2) is 18.2 Å². The predicted octanol–water partition coefficient (Wildman–Crippen LogP) is 1.18. The number of amides is 1. The quantitative estimate of drug-likeness (QED) is 0.753. The Bertz CT molecular complexity index is 423. The smallest absolute Gasteiger partial charge is 0.248 e. The summed E-state index contributed by atoms with van der Waals surface area (Å²) in [6.45, 7) is 2.11. The molecule has 1 fully saturated rings. The fourth-order valence-electron chi connectivity index (χ4n) is 2.46. The summed E-state index contributed by atoms with van der Waals surface area (Å²) in [7, 11) is 2.12. The number of hydrogen-bond acceptors (Lipinski definition) is 3. The van der Waals surface area contributed by atoms with Crippen molar-refractivity contribution in [1.29, 1.82) is 0 Å². The molecule has 0 aliphatic carbocycles. The summed E-state index contributed by atoms with van der Waals surface area (Å²) in [6, 6.07) is 5.37. The van der Waals surface area contributed by atoms with Gasteiger partial charge in [-0.05, 0) is 62.7 Å². The van der Waals surface area contributed by atoms with E-state index in [1.54, 1.807) is 12.1 Å². The van der Waals surface area contributed by atoms with Gasteiger partial charge in [-0.3, -0.25) is 4.79 Å². The largest absolute Gasteiger partial charge is 0.399 e. The second kappa shape index (κ2) is 4.75. The molecule has 1 saturated heterocycles. The predicted molar refractivity (Wildman–Crippen MR) is 68.8 cm³/mol. The number of anilines is 1.